The van der Waals surface area contributed by atoms with Gasteiger partial charge in [-0.1, -0.05) is 48.0 Å². The third-order valence-electron chi connectivity index (χ3n) is 3.27. The van der Waals surface area contributed by atoms with E-state index >= 15 is 0 Å². The van der Waals surface area contributed by atoms with Crippen LogP contribution >= 0.6 is 11.6 Å². The molecule has 0 bridgehead atoms. The van der Waals surface area contributed by atoms with Gasteiger partial charge in [0, 0.05) is 11.4 Å². The number of aliphatic hydroxyl groups is 1. The number of hydrogen-bond acceptors (Lipinski definition) is 1. The third kappa shape index (κ3) is 3.34. The Morgan fingerprint density at radius 2 is 1.47 bits per heavy atom. The van der Waals surface area contributed by atoms with Crippen molar-refractivity contribution < 1.29 is 9.50 Å². The van der Waals surface area contributed by atoms with Gasteiger partial charge in [-0.05, 0) is 35.7 Å². The summed E-state index contributed by atoms with van der Waals surface area (Å²) >= 11 is 5.85. The zero-order valence-electron chi connectivity index (χ0n) is 10.7. The van der Waals surface area contributed by atoms with Crippen molar-refractivity contribution in [1.82, 2.24) is 0 Å². The summed E-state index contributed by atoms with van der Waals surface area (Å²) in [6, 6.07) is 15.1. The fourth-order valence-corrected chi connectivity index (χ4v) is 2.12. The third-order valence-corrected chi connectivity index (χ3v) is 3.52. The summed E-state index contributed by atoms with van der Waals surface area (Å²) in [4.78, 5) is 0. The highest BCUT2D eigenvalue weighted by atomic mass is 35.5. The summed E-state index contributed by atoms with van der Waals surface area (Å²) in [5.74, 6) is 0. The molecule has 0 aliphatic carbocycles. The topological polar surface area (TPSA) is 20.2 Å². The van der Waals surface area contributed by atoms with Gasteiger partial charge in [-0.3, -0.25) is 4.39 Å². The second-order valence-corrected chi connectivity index (χ2v) is 5.23. The van der Waals surface area contributed by atoms with Gasteiger partial charge < -0.3 is 5.11 Å². The standard InChI is InChI=1S/C16H16ClFO/c1-16(19,10-11-18)14-6-2-12(3-7-14)13-4-8-15(17)9-5-13/h2-9,19H,10-11H2,1H3. The minimum atomic E-state index is -1.12. The first-order valence-corrected chi connectivity index (χ1v) is 6.55. The van der Waals surface area contributed by atoms with Gasteiger partial charge >= 0.3 is 0 Å². The quantitative estimate of drug-likeness (QED) is 0.868. The lowest BCUT2D eigenvalue weighted by molar-refractivity contribution is 0.0408. The van der Waals surface area contributed by atoms with Crippen molar-refractivity contribution >= 4 is 11.6 Å². The fraction of sp³-hybridized carbons (Fsp3) is 0.250. The molecule has 0 heterocycles. The van der Waals surface area contributed by atoms with Crippen molar-refractivity contribution in [1.29, 1.82) is 0 Å². The van der Waals surface area contributed by atoms with E-state index in [-0.39, 0.29) is 6.42 Å². The van der Waals surface area contributed by atoms with Gasteiger partial charge in [0.1, 0.15) is 0 Å². The zero-order valence-corrected chi connectivity index (χ0v) is 11.5. The Morgan fingerprint density at radius 3 is 1.95 bits per heavy atom. The van der Waals surface area contributed by atoms with Gasteiger partial charge in [-0.15, -0.1) is 0 Å². The summed E-state index contributed by atoms with van der Waals surface area (Å²) in [6.07, 6.45) is 0.104. The minimum Gasteiger partial charge on any atom is -0.385 e. The largest absolute Gasteiger partial charge is 0.385 e. The van der Waals surface area contributed by atoms with Crippen LogP contribution in [0, 0.1) is 0 Å². The Kier molecular flexibility index (Phi) is 4.23. The van der Waals surface area contributed by atoms with E-state index < -0.39 is 12.3 Å². The fourth-order valence-electron chi connectivity index (χ4n) is 1.99. The Bertz CT molecular complexity index is 532. The van der Waals surface area contributed by atoms with E-state index in [0.29, 0.717) is 5.02 Å². The molecular formula is C16H16ClFO. The zero-order chi connectivity index (χ0) is 13.9. The van der Waals surface area contributed by atoms with Gasteiger partial charge in [0.05, 0.1) is 12.3 Å². The summed E-state index contributed by atoms with van der Waals surface area (Å²) in [6.45, 7) is 1.09. The van der Waals surface area contributed by atoms with Gasteiger partial charge in [0.15, 0.2) is 0 Å². The molecule has 0 saturated heterocycles. The molecule has 0 saturated carbocycles. The van der Waals surface area contributed by atoms with E-state index in [1.165, 1.54) is 0 Å². The van der Waals surface area contributed by atoms with Crippen LogP contribution in [0.4, 0.5) is 4.39 Å². The molecule has 100 valence electrons. The van der Waals surface area contributed by atoms with E-state index in [9.17, 15) is 9.50 Å². The van der Waals surface area contributed by atoms with Crippen LogP contribution in [0.1, 0.15) is 18.9 Å². The first-order chi connectivity index (χ1) is 9.03. The van der Waals surface area contributed by atoms with Crippen molar-refractivity contribution in [3.63, 3.8) is 0 Å². The molecule has 0 radical (unpaired) electrons. The number of hydrogen-bond donors (Lipinski definition) is 1. The Morgan fingerprint density at radius 1 is 1.00 bits per heavy atom. The Labute approximate surface area is 117 Å². The van der Waals surface area contributed by atoms with E-state index in [1.54, 1.807) is 6.92 Å². The number of halogens is 2. The van der Waals surface area contributed by atoms with Crippen LogP contribution in [0.5, 0.6) is 0 Å². The first kappa shape index (κ1) is 14.0. The molecule has 2 aromatic rings. The SMILES string of the molecule is CC(O)(CCF)c1ccc(-c2ccc(Cl)cc2)cc1. The number of benzene rings is 2. The van der Waals surface area contributed by atoms with Gasteiger partial charge in [0.25, 0.3) is 0 Å². The molecule has 1 atom stereocenters. The van der Waals surface area contributed by atoms with Crippen molar-refractivity contribution in [2.75, 3.05) is 6.67 Å². The van der Waals surface area contributed by atoms with Crippen LogP contribution < -0.4 is 0 Å². The molecule has 0 spiro atoms. The maximum Gasteiger partial charge on any atom is 0.0925 e. The van der Waals surface area contributed by atoms with Crippen LogP contribution in [0.2, 0.25) is 5.02 Å². The Balaban J connectivity index is 2.25. The average Bonchev–Trinajstić information content (AvgIpc) is 2.40. The lowest BCUT2D eigenvalue weighted by Gasteiger charge is -2.22. The molecule has 2 rings (SSSR count). The van der Waals surface area contributed by atoms with Gasteiger partial charge in [0.2, 0.25) is 0 Å². The lowest BCUT2D eigenvalue weighted by Crippen LogP contribution is -2.21. The Hall–Kier alpha value is -1.38. The van der Waals surface area contributed by atoms with Crippen LogP contribution in [-0.4, -0.2) is 11.8 Å². The molecule has 0 fully saturated rings. The highest BCUT2D eigenvalue weighted by Gasteiger charge is 2.22. The minimum absolute atomic E-state index is 0.104. The smallest absolute Gasteiger partial charge is 0.0925 e. The molecule has 0 aliphatic heterocycles. The average molecular weight is 279 g/mol. The van der Waals surface area contributed by atoms with Crippen molar-refractivity contribution in [2.24, 2.45) is 0 Å². The summed E-state index contributed by atoms with van der Waals surface area (Å²) in [5, 5.41) is 10.8. The summed E-state index contributed by atoms with van der Waals surface area (Å²) < 4.78 is 12.4. The second kappa shape index (κ2) is 5.72. The molecule has 1 nitrogen and oxygen atoms in total. The molecule has 0 amide bonds. The van der Waals surface area contributed by atoms with E-state index in [1.807, 2.05) is 48.5 Å². The highest BCUT2D eigenvalue weighted by Crippen LogP contribution is 2.28. The molecule has 3 heteroatoms. The molecule has 1 N–H and O–H groups in total. The normalized spacial score (nSPS) is 14.1. The molecule has 19 heavy (non-hydrogen) atoms. The summed E-state index contributed by atoms with van der Waals surface area (Å²) in [7, 11) is 0. The molecule has 0 aliphatic rings. The van der Waals surface area contributed by atoms with Crippen molar-refractivity contribution in [2.45, 2.75) is 18.9 Å². The van der Waals surface area contributed by atoms with E-state index in [0.717, 1.165) is 16.7 Å². The molecule has 0 aromatic heterocycles. The van der Waals surface area contributed by atoms with E-state index in [4.69, 9.17) is 11.6 Å². The molecule has 1 unspecified atom stereocenters. The number of rotatable bonds is 4. The van der Waals surface area contributed by atoms with Crippen LogP contribution in [0.25, 0.3) is 11.1 Å². The predicted molar refractivity (Wildman–Crippen MR) is 77.1 cm³/mol. The summed E-state index contributed by atoms with van der Waals surface area (Å²) in [5.41, 5.74) is 1.70. The maximum atomic E-state index is 12.4. The monoisotopic (exact) mass is 278 g/mol. The van der Waals surface area contributed by atoms with Crippen LogP contribution in [-0.2, 0) is 5.60 Å². The molecular weight excluding hydrogens is 263 g/mol. The van der Waals surface area contributed by atoms with Gasteiger partial charge in [-0.2, -0.15) is 0 Å². The van der Waals surface area contributed by atoms with Crippen molar-refractivity contribution in [3.8, 4) is 11.1 Å². The van der Waals surface area contributed by atoms with Crippen LogP contribution in [0.3, 0.4) is 0 Å². The van der Waals surface area contributed by atoms with Crippen molar-refractivity contribution in [3.05, 3.63) is 59.1 Å². The lowest BCUT2D eigenvalue weighted by atomic mass is 9.91. The second-order valence-electron chi connectivity index (χ2n) is 4.80. The molecule has 2 aromatic carbocycles. The first-order valence-electron chi connectivity index (χ1n) is 6.18. The van der Waals surface area contributed by atoms with Gasteiger partial charge in [-0.25, -0.2) is 0 Å². The predicted octanol–water partition coefficient (Wildman–Crippen LogP) is 4.57. The van der Waals surface area contributed by atoms with Crippen LogP contribution in [0.15, 0.2) is 48.5 Å². The maximum absolute atomic E-state index is 12.4. The van der Waals surface area contributed by atoms with E-state index in [2.05, 4.69) is 0 Å². The number of alkyl halides is 1. The highest BCUT2D eigenvalue weighted by molar-refractivity contribution is 6.30.